The molecule has 202 valence electrons. The van der Waals surface area contributed by atoms with E-state index >= 15 is 0 Å². The molecule has 1 aromatic heterocycles. The van der Waals surface area contributed by atoms with Crippen LogP contribution in [0.2, 0.25) is 0 Å². The lowest BCUT2D eigenvalue weighted by Crippen LogP contribution is -2.57. The maximum Gasteiger partial charge on any atom is 0.251 e. The standard InChI is InChI=1S/C32H36N4O3/c1-32(11-12-32)25-7-9-28-24(17-25)16-23-15-22(6-8-27(23)34-28)31(39)35-29(10-13-37)20-4-3-5-21(14-20)30(38)33-26-18-36(2)19-26/h3-6,8,13-16,25-26,29H,7,9-12,17-19H2,1-2H3,(H,33,38)(H,35,39)/t25?,29-/m1/s1. The summed E-state index contributed by atoms with van der Waals surface area (Å²) in [6.45, 7) is 4.07. The zero-order valence-electron chi connectivity index (χ0n) is 22.7. The number of hydrogen-bond donors (Lipinski definition) is 2. The van der Waals surface area contributed by atoms with Gasteiger partial charge in [0.15, 0.2) is 0 Å². The Morgan fingerprint density at radius 3 is 2.64 bits per heavy atom. The second-order valence-corrected chi connectivity index (χ2v) is 12.0. The highest BCUT2D eigenvalue weighted by atomic mass is 16.2. The van der Waals surface area contributed by atoms with Gasteiger partial charge in [-0.2, -0.15) is 0 Å². The van der Waals surface area contributed by atoms with Gasteiger partial charge in [-0.1, -0.05) is 19.1 Å². The number of nitrogens with zero attached hydrogens (tertiary/aromatic N) is 2. The van der Waals surface area contributed by atoms with E-state index < -0.39 is 6.04 Å². The van der Waals surface area contributed by atoms with Gasteiger partial charge in [0.2, 0.25) is 0 Å². The van der Waals surface area contributed by atoms with E-state index in [0.717, 1.165) is 48.7 Å². The molecular weight excluding hydrogens is 488 g/mol. The Morgan fingerprint density at radius 1 is 1.10 bits per heavy atom. The van der Waals surface area contributed by atoms with E-state index in [-0.39, 0.29) is 24.3 Å². The van der Waals surface area contributed by atoms with Crippen molar-refractivity contribution in [2.75, 3.05) is 20.1 Å². The van der Waals surface area contributed by atoms with Crippen LogP contribution in [-0.4, -0.2) is 54.2 Å². The number of aldehydes is 1. The van der Waals surface area contributed by atoms with E-state index in [9.17, 15) is 14.4 Å². The second kappa shape index (κ2) is 10.2. The van der Waals surface area contributed by atoms with Crippen LogP contribution in [0.5, 0.6) is 0 Å². The molecule has 2 heterocycles. The zero-order chi connectivity index (χ0) is 27.1. The molecule has 0 radical (unpaired) electrons. The first-order valence-corrected chi connectivity index (χ1v) is 14.1. The minimum absolute atomic E-state index is 0.118. The summed E-state index contributed by atoms with van der Waals surface area (Å²) in [6, 6.07) is 14.6. The van der Waals surface area contributed by atoms with Gasteiger partial charge in [-0.25, -0.2) is 0 Å². The molecule has 6 rings (SSSR count). The molecule has 1 saturated carbocycles. The highest BCUT2D eigenvalue weighted by molar-refractivity contribution is 5.98. The molecule has 1 aliphatic heterocycles. The van der Waals surface area contributed by atoms with Gasteiger partial charge in [-0.3, -0.25) is 14.6 Å². The summed E-state index contributed by atoms with van der Waals surface area (Å²) in [6.07, 6.45) is 6.87. The Kier molecular flexibility index (Phi) is 6.71. The van der Waals surface area contributed by atoms with Crippen LogP contribution in [0.25, 0.3) is 10.9 Å². The molecule has 2 aliphatic carbocycles. The predicted molar refractivity (Wildman–Crippen MR) is 151 cm³/mol. The SMILES string of the molecule is CN1CC(NC(=O)c2cccc([C@@H](CC=O)NC(=O)c3ccc4nc5c(cc4c3)CC(C3(C)CC3)CC5)c2)C1. The highest BCUT2D eigenvalue weighted by Gasteiger charge is 2.45. The Labute approximate surface area is 229 Å². The van der Waals surface area contributed by atoms with Crippen LogP contribution in [0.3, 0.4) is 0 Å². The number of carbonyl (C=O) groups excluding carboxylic acids is 3. The molecule has 0 spiro atoms. The second-order valence-electron chi connectivity index (χ2n) is 12.0. The van der Waals surface area contributed by atoms with Gasteiger partial charge in [0.05, 0.1) is 17.6 Å². The van der Waals surface area contributed by atoms with E-state index in [1.165, 1.54) is 30.5 Å². The van der Waals surface area contributed by atoms with Gasteiger partial charge in [-0.15, -0.1) is 0 Å². The van der Waals surface area contributed by atoms with Crippen LogP contribution in [0.1, 0.15) is 76.2 Å². The predicted octanol–water partition coefficient (Wildman–Crippen LogP) is 4.24. The van der Waals surface area contributed by atoms with Crippen molar-refractivity contribution in [3.63, 3.8) is 0 Å². The van der Waals surface area contributed by atoms with Crippen LogP contribution in [0, 0.1) is 11.3 Å². The fraction of sp³-hybridized carbons (Fsp3) is 0.438. The third-order valence-electron chi connectivity index (χ3n) is 9.05. The lowest BCUT2D eigenvalue weighted by atomic mass is 9.77. The number of aryl methyl sites for hydroxylation is 1. The molecule has 7 heteroatoms. The number of carbonyl (C=O) groups is 3. The number of pyridine rings is 1. The lowest BCUT2D eigenvalue weighted by Gasteiger charge is -2.36. The summed E-state index contributed by atoms with van der Waals surface area (Å²) < 4.78 is 0. The molecular formula is C32H36N4O3. The third kappa shape index (κ3) is 5.33. The smallest absolute Gasteiger partial charge is 0.251 e. The van der Waals surface area contributed by atoms with Gasteiger partial charge in [0.1, 0.15) is 6.29 Å². The molecule has 0 bridgehead atoms. The first kappa shape index (κ1) is 25.7. The number of likely N-dealkylation sites (N-methyl/N-ethyl adjacent to an activating group) is 1. The summed E-state index contributed by atoms with van der Waals surface area (Å²) in [4.78, 5) is 44.7. The first-order valence-electron chi connectivity index (χ1n) is 14.1. The van der Waals surface area contributed by atoms with Crippen molar-refractivity contribution in [3.8, 4) is 0 Å². The van der Waals surface area contributed by atoms with Gasteiger partial charge < -0.3 is 20.3 Å². The molecule has 1 saturated heterocycles. The molecule has 2 atom stereocenters. The van der Waals surface area contributed by atoms with Crippen LogP contribution < -0.4 is 10.6 Å². The van der Waals surface area contributed by atoms with E-state index in [0.29, 0.717) is 22.5 Å². The third-order valence-corrected chi connectivity index (χ3v) is 9.05. The molecule has 2 amide bonds. The largest absolute Gasteiger partial charge is 0.347 e. The highest BCUT2D eigenvalue weighted by Crippen LogP contribution is 2.55. The molecule has 2 fully saturated rings. The molecule has 39 heavy (non-hydrogen) atoms. The average molecular weight is 525 g/mol. The van der Waals surface area contributed by atoms with Crippen molar-refractivity contribution >= 4 is 29.0 Å². The van der Waals surface area contributed by atoms with Crippen molar-refractivity contribution in [1.29, 1.82) is 0 Å². The fourth-order valence-corrected chi connectivity index (χ4v) is 6.25. The maximum atomic E-state index is 13.3. The van der Waals surface area contributed by atoms with Crippen molar-refractivity contribution in [1.82, 2.24) is 20.5 Å². The quantitative estimate of drug-likeness (QED) is 0.430. The van der Waals surface area contributed by atoms with E-state index in [1.54, 1.807) is 24.3 Å². The Bertz CT molecular complexity index is 1440. The number of aromatic nitrogens is 1. The summed E-state index contributed by atoms with van der Waals surface area (Å²) in [5.41, 5.74) is 5.68. The van der Waals surface area contributed by atoms with Gasteiger partial charge in [0, 0.05) is 41.7 Å². The van der Waals surface area contributed by atoms with Crippen LogP contribution >= 0.6 is 0 Å². The van der Waals surface area contributed by atoms with Crippen molar-refractivity contribution in [2.24, 2.45) is 11.3 Å². The fourth-order valence-electron chi connectivity index (χ4n) is 6.25. The zero-order valence-corrected chi connectivity index (χ0v) is 22.7. The first-order chi connectivity index (χ1) is 18.8. The topological polar surface area (TPSA) is 91.4 Å². The lowest BCUT2D eigenvalue weighted by molar-refractivity contribution is -0.108. The van der Waals surface area contributed by atoms with Crippen molar-refractivity contribution in [3.05, 3.63) is 76.5 Å². The minimum atomic E-state index is -0.532. The number of benzene rings is 2. The van der Waals surface area contributed by atoms with E-state index in [2.05, 4.69) is 28.5 Å². The van der Waals surface area contributed by atoms with Gasteiger partial charge in [-0.05, 0) is 98.0 Å². The Morgan fingerprint density at radius 2 is 1.90 bits per heavy atom. The maximum absolute atomic E-state index is 13.3. The van der Waals surface area contributed by atoms with E-state index in [4.69, 9.17) is 4.98 Å². The van der Waals surface area contributed by atoms with Crippen molar-refractivity contribution < 1.29 is 14.4 Å². The number of nitrogens with one attached hydrogen (secondary N) is 2. The Hall–Kier alpha value is -3.58. The summed E-state index contributed by atoms with van der Waals surface area (Å²) in [7, 11) is 2.01. The minimum Gasteiger partial charge on any atom is -0.347 e. The molecule has 1 unspecified atom stereocenters. The number of likely N-dealkylation sites (tertiary alicyclic amines) is 1. The number of rotatable bonds is 8. The molecule has 2 N–H and O–H groups in total. The van der Waals surface area contributed by atoms with Crippen LogP contribution in [0.15, 0.2) is 48.5 Å². The summed E-state index contributed by atoms with van der Waals surface area (Å²) in [5.74, 6) is 0.319. The monoisotopic (exact) mass is 524 g/mol. The molecule has 2 aromatic carbocycles. The Balaban J connectivity index is 1.19. The van der Waals surface area contributed by atoms with Crippen LogP contribution in [-0.2, 0) is 17.6 Å². The summed E-state index contributed by atoms with van der Waals surface area (Å²) in [5, 5.41) is 7.02. The molecule has 3 aliphatic rings. The average Bonchev–Trinajstić information content (AvgIpc) is 3.68. The van der Waals surface area contributed by atoms with Crippen LogP contribution in [0.4, 0.5) is 0 Å². The molecule has 7 nitrogen and oxygen atoms in total. The normalized spacial score (nSPS) is 20.9. The van der Waals surface area contributed by atoms with E-state index in [1.807, 2.05) is 25.2 Å². The van der Waals surface area contributed by atoms with Gasteiger partial charge >= 0.3 is 0 Å². The number of amides is 2. The molecule has 3 aromatic rings. The van der Waals surface area contributed by atoms with Crippen molar-refractivity contribution in [2.45, 2.75) is 57.5 Å². The van der Waals surface area contributed by atoms with Gasteiger partial charge in [0.25, 0.3) is 11.8 Å². The number of fused-ring (bicyclic) bond motifs is 2. The summed E-state index contributed by atoms with van der Waals surface area (Å²) >= 11 is 0. The number of hydrogen-bond acceptors (Lipinski definition) is 5.